The Kier molecular flexibility index (Phi) is 9.04. The molecule has 0 aromatic heterocycles. The highest BCUT2D eigenvalue weighted by atomic mass is 32.1. The summed E-state index contributed by atoms with van der Waals surface area (Å²) in [6.45, 7) is 2.10. The fourth-order valence-corrected chi connectivity index (χ4v) is 4.74. The van der Waals surface area contributed by atoms with Gasteiger partial charge in [-0.3, -0.25) is 14.4 Å². The molecular weight excluding hydrogens is 552 g/mol. The van der Waals surface area contributed by atoms with E-state index in [2.05, 4.69) is 20.8 Å². The number of nitrogens with one attached hydrogen (secondary N) is 2. The summed E-state index contributed by atoms with van der Waals surface area (Å²) in [5, 5.41) is 26.3. The Bertz CT molecular complexity index is 1430. The molecule has 0 radical (unpaired) electrons. The van der Waals surface area contributed by atoms with Crippen molar-refractivity contribution in [2.45, 2.75) is 38.1 Å². The van der Waals surface area contributed by atoms with Crippen LogP contribution in [-0.4, -0.2) is 86.8 Å². The zero-order valence-corrected chi connectivity index (χ0v) is 22.8. The molecule has 2 aliphatic rings. The first kappa shape index (κ1) is 29.3. The number of benzene rings is 2. The van der Waals surface area contributed by atoms with Gasteiger partial charge in [0.05, 0.1) is 16.7 Å². The average molecular weight is 581 g/mol. The maximum atomic E-state index is 12.9. The predicted molar refractivity (Wildman–Crippen MR) is 151 cm³/mol. The third-order valence-corrected chi connectivity index (χ3v) is 7.06. The fraction of sp³-hybridized carbons (Fsp3) is 0.296. The lowest BCUT2D eigenvalue weighted by atomic mass is 10.1. The topological polar surface area (TPSA) is 196 Å². The molecule has 2 atom stereocenters. The number of carboxylic acid groups (broad SMARTS) is 1. The smallest absolute Gasteiger partial charge is 0.354 e. The van der Waals surface area contributed by atoms with Gasteiger partial charge in [-0.2, -0.15) is 0 Å². The van der Waals surface area contributed by atoms with Crippen molar-refractivity contribution in [3.05, 3.63) is 65.2 Å². The Balaban J connectivity index is 1.27. The van der Waals surface area contributed by atoms with E-state index >= 15 is 0 Å². The molecule has 13 nitrogen and oxygen atoms in total. The maximum Gasteiger partial charge on any atom is 0.354 e. The number of aliphatic imine (C=N–C) groups is 1. The number of carbonyl (C=O) groups is 4. The van der Waals surface area contributed by atoms with Crippen molar-refractivity contribution in [3.63, 3.8) is 0 Å². The van der Waals surface area contributed by atoms with Gasteiger partial charge >= 0.3 is 5.97 Å². The quantitative estimate of drug-likeness (QED) is 0.0716. The number of amidine groups is 1. The van der Waals surface area contributed by atoms with Crippen LogP contribution < -0.4 is 16.4 Å². The van der Waals surface area contributed by atoms with Gasteiger partial charge in [-0.25, -0.2) is 9.79 Å². The third-order valence-electron chi connectivity index (χ3n) is 6.65. The molecule has 14 heteroatoms. The molecule has 2 aliphatic heterocycles. The second-order valence-corrected chi connectivity index (χ2v) is 9.83. The predicted octanol–water partition coefficient (Wildman–Crippen LogP) is 0.938. The van der Waals surface area contributed by atoms with E-state index in [9.17, 15) is 24.3 Å². The molecule has 0 aliphatic carbocycles. The number of rotatable bonds is 9. The molecule has 3 amide bonds. The van der Waals surface area contributed by atoms with E-state index < -0.39 is 36.2 Å². The third kappa shape index (κ3) is 6.73. The molecule has 0 saturated carbocycles. The Labute approximate surface area is 240 Å². The summed E-state index contributed by atoms with van der Waals surface area (Å²) in [6.07, 6.45) is -1.51. The van der Waals surface area contributed by atoms with Gasteiger partial charge in [0.2, 0.25) is 12.1 Å². The summed E-state index contributed by atoms with van der Waals surface area (Å²) in [5.41, 5.74) is 7.36. The first-order valence-electron chi connectivity index (χ1n) is 12.7. The van der Waals surface area contributed by atoms with Gasteiger partial charge in [0.1, 0.15) is 11.8 Å². The van der Waals surface area contributed by atoms with Crippen molar-refractivity contribution >= 4 is 58.0 Å². The van der Waals surface area contributed by atoms with Crippen molar-refractivity contribution in [1.82, 2.24) is 15.5 Å². The van der Waals surface area contributed by atoms with E-state index in [0.717, 1.165) is 0 Å². The average Bonchev–Trinajstić information content (AvgIpc) is 3.32. The van der Waals surface area contributed by atoms with E-state index in [1.165, 1.54) is 24.3 Å². The number of amides is 3. The van der Waals surface area contributed by atoms with Crippen molar-refractivity contribution in [3.8, 4) is 0 Å². The zero-order valence-electron chi connectivity index (χ0n) is 21.9. The number of hydrogen-bond donors (Lipinski definition) is 5. The number of para-hydroxylation sites is 1. The first-order chi connectivity index (χ1) is 19.6. The van der Waals surface area contributed by atoms with Crippen molar-refractivity contribution in [2.24, 2.45) is 15.9 Å². The molecule has 41 heavy (non-hydrogen) atoms. The Morgan fingerprint density at radius 3 is 2.29 bits per heavy atom. The number of fused-ring (bicyclic) bond motifs is 1. The van der Waals surface area contributed by atoms with Crippen LogP contribution in [0, 0.1) is 0 Å². The zero-order chi connectivity index (χ0) is 29.7. The standard InChI is InChI=1S/C27H28N6O7S/c1-14(29-23(34)16-8-6-15(7-9-16)22(28)32-39)26(36)33-12-10-17(11-13-33)40-25(27(37)38)31-24(35)20-21(41)18-4-2-3-5-19(18)30-20/h2-9,14,17,25,39H,10-13H2,1H3,(H2,28,32)(H,29,34)(H,31,35)(H,37,38). The van der Waals surface area contributed by atoms with Crippen LogP contribution in [0.15, 0.2) is 58.7 Å². The number of thiocarbonyl (C=S) groups is 1. The number of carboxylic acids is 1. The molecule has 1 fully saturated rings. The second kappa shape index (κ2) is 12.7. The molecule has 0 bridgehead atoms. The summed E-state index contributed by atoms with van der Waals surface area (Å²) in [5.74, 6) is -3.00. The molecule has 214 valence electrons. The molecule has 1 saturated heterocycles. The molecule has 6 N–H and O–H groups in total. The van der Waals surface area contributed by atoms with Gasteiger partial charge in [-0.05, 0) is 38.0 Å². The Morgan fingerprint density at radius 1 is 1.05 bits per heavy atom. The van der Waals surface area contributed by atoms with Crippen LogP contribution >= 0.6 is 12.2 Å². The molecule has 2 heterocycles. The van der Waals surface area contributed by atoms with Crippen LogP contribution in [0.4, 0.5) is 5.69 Å². The lowest BCUT2D eigenvalue weighted by Crippen LogP contribution is -2.52. The second-order valence-electron chi connectivity index (χ2n) is 9.42. The lowest BCUT2D eigenvalue weighted by Gasteiger charge is -2.34. The Morgan fingerprint density at radius 2 is 1.68 bits per heavy atom. The van der Waals surface area contributed by atoms with Gasteiger partial charge in [-0.1, -0.05) is 47.7 Å². The first-order valence-corrected chi connectivity index (χ1v) is 13.1. The van der Waals surface area contributed by atoms with Crippen molar-refractivity contribution < 1.29 is 34.2 Å². The summed E-state index contributed by atoms with van der Waals surface area (Å²) < 4.78 is 5.67. The minimum atomic E-state index is -1.63. The number of nitrogens with zero attached hydrogens (tertiary/aromatic N) is 3. The Hall–Kier alpha value is -4.69. The SMILES string of the molecule is CC(NC(=O)c1ccc(/C(N)=N/O)cc1)C(=O)N1CCC(OC(NC(=O)C2=Nc3ccccc3C2=S)C(=O)O)CC1. The summed E-state index contributed by atoms with van der Waals surface area (Å²) in [6, 6.07) is 12.2. The highest BCUT2D eigenvalue weighted by molar-refractivity contribution is 7.83. The van der Waals surface area contributed by atoms with Gasteiger partial charge in [0.25, 0.3) is 11.8 Å². The van der Waals surface area contributed by atoms with Gasteiger partial charge < -0.3 is 36.3 Å². The number of piperidine rings is 1. The van der Waals surface area contributed by atoms with Crippen molar-refractivity contribution in [2.75, 3.05) is 13.1 Å². The highest BCUT2D eigenvalue weighted by Crippen LogP contribution is 2.27. The van der Waals surface area contributed by atoms with Crippen LogP contribution in [0.1, 0.15) is 41.3 Å². The molecule has 4 rings (SSSR count). The highest BCUT2D eigenvalue weighted by Gasteiger charge is 2.33. The minimum absolute atomic E-state index is 0.0495. The molecular formula is C27H28N6O7S. The largest absolute Gasteiger partial charge is 0.478 e. The van der Waals surface area contributed by atoms with E-state index in [0.29, 0.717) is 35.2 Å². The number of nitrogens with two attached hydrogens (primary N) is 1. The van der Waals surface area contributed by atoms with Gasteiger partial charge in [-0.15, -0.1) is 0 Å². The fourth-order valence-electron chi connectivity index (χ4n) is 4.43. The number of oxime groups is 1. The van der Waals surface area contributed by atoms with Gasteiger partial charge in [0, 0.05) is 29.8 Å². The van der Waals surface area contributed by atoms with Crippen LogP contribution in [0.5, 0.6) is 0 Å². The van der Waals surface area contributed by atoms with E-state index in [1.54, 1.807) is 36.1 Å². The number of hydrogen-bond acceptors (Lipinski definition) is 9. The molecule has 2 aromatic carbocycles. The number of ether oxygens (including phenoxy) is 1. The number of carbonyl (C=O) groups excluding carboxylic acids is 3. The molecule has 0 spiro atoms. The van der Waals surface area contributed by atoms with Crippen LogP contribution in [0.2, 0.25) is 0 Å². The van der Waals surface area contributed by atoms with Gasteiger partial charge in [0.15, 0.2) is 5.84 Å². The molecule has 2 unspecified atom stereocenters. The maximum absolute atomic E-state index is 12.9. The summed E-state index contributed by atoms with van der Waals surface area (Å²) >= 11 is 5.32. The van der Waals surface area contributed by atoms with Crippen LogP contribution in [-0.2, 0) is 19.1 Å². The minimum Gasteiger partial charge on any atom is -0.478 e. The van der Waals surface area contributed by atoms with E-state index in [-0.39, 0.29) is 35.4 Å². The van der Waals surface area contributed by atoms with Crippen molar-refractivity contribution in [1.29, 1.82) is 0 Å². The lowest BCUT2D eigenvalue weighted by molar-refractivity contribution is -0.162. The number of likely N-dealkylation sites (tertiary alicyclic amines) is 1. The van der Waals surface area contributed by atoms with E-state index in [1.807, 2.05) is 0 Å². The summed E-state index contributed by atoms with van der Waals surface area (Å²) in [7, 11) is 0. The summed E-state index contributed by atoms with van der Waals surface area (Å²) in [4.78, 5) is 56.1. The van der Waals surface area contributed by atoms with E-state index in [4.69, 9.17) is 27.9 Å². The van der Waals surface area contributed by atoms with Crippen LogP contribution in [0.25, 0.3) is 0 Å². The monoisotopic (exact) mass is 580 g/mol. The normalized spacial score (nSPS) is 16.8. The molecule has 2 aromatic rings. The van der Waals surface area contributed by atoms with Crippen LogP contribution in [0.3, 0.4) is 0 Å². The number of aliphatic carboxylic acids is 1.